The molecule has 0 aliphatic carbocycles. The number of oxime groups is 1. The van der Waals surface area contributed by atoms with E-state index >= 15 is 0 Å². The van der Waals surface area contributed by atoms with Crippen LogP contribution in [-0.4, -0.2) is 31.7 Å². The fourth-order valence-electron chi connectivity index (χ4n) is 1.11. The molecule has 0 fully saturated rings. The number of hydrogen-bond acceptors (Lipinski definition) is 5. The molecule has 14 heavy (non-hydrogen) atoms. The Kier molecular flexibility index (Phi) is 3.16. The average Bonchev–Trinajstić information content (AvgIpc) is 2.65. The highest BCUT2D eigenvalue weighted by atomic mass is 16.4. The van der Waals surface area contributed by atoms with E-state index < -0.39 is 11.8 Å². The summed E-state index contributed by atoms with van der Waals surface area (Å²) in [5.41, 5.74) is 5.14. The van der Waals surface area contributed by atoms with E-state index in [1.54, 1.807) is 6.92 Å². The summed E-state index contributed by atoms with van der Waals surface area (Å²) >= 11 is 0. The fraction of sp³-hybridized carbons (Fsp3) is 0.429. The maximum atomic E-state index is 11.0. The van der Waals surface area contributed by atoms with Gasteiger partial charge >= 0.3 is 0 Å². The Morgan fingerprint density at radius 2 is 2.50 bits per heavy atom. The van der Waals surface area contributed by atoms with Crippen LogP contribution in [0.5, 0.6) is 0 Å². The van der Waals surface area contributed by atoms with E-state index in [4.69, 9.17) is 10.9 Å². The van der Waals surface area contributed by atoms with Crippen molar-refractivity contribution in [3.63, 3.8) is 0 Å². The first kappa shape index (κ1) is 10.2. The van der Waals surface area contributed by atoms with Crippen molar-refractivity contribution in [1.29, 1.82) is 0 Å². The minimum atomic E-state index is -0.665. The topological polar surface area (TPSA) is 106 Å². The third kappa shape index (κ3) is 1.87. The lowest BCUT2D eigenvalue weighted by Gasteiger charge is -2.11. The van der Waals surface area contributed by atoms with Crippen molar-refractivity contribution in [1.82, 2.24) is 14.8 Å². The zero-order valence-corrected chi connectivity index (χ0v) is 7.66. The van der Waals surface area contributed by atoms with Gasteiger partial charge in [-0.3, -0.25) is 4.79 Å². The maximum Gasteiger partial charge on any atom is 0.228 e. The first-order chi connectivity index (χ1) is 6.70. The van der Waals surface area contributed by atoms with Crippen LogP contribution in [0, 0.1) is 5.92 Å². The van der Waals surface area contributed by atoms with Gasteiger partial charge in [0.15, 0.2) is 5.84 Å². The molecule has 7 heteroatoms. The molecule has 1 rings (SSSR count). The summed E-state index contributed by atoms with van der Waals surface area (Å²) in [4.78, 5) is 14.7. The smallest absolute Gasteiger partial charge is 0.228 e. The van der Waals surface area contributed by atoms with Gasteiger partial charge in [-0.1, -0.05) is 12.1 Å². The van der Waals surface area contributed by atoms with Gasteiger partial charge in [-0.25, -0.2) is 9.67 Å². The van der Waals surface area contributed by atoms with Crippen molar-refractivity contribution in [3.8, 4) is 0 Å². The molecule has 0 aliphatic rings. The molecule has 0 spiro atoms. The highest BCUT2D eigenvalue weighted by Gasteiger charge is 2.22. The molecular formula is C7H11N5O2. The molecule has 7 nitrogen and oxygen atoms in total. The first-order valence-electron chi connectivity index (χ1n) is 4.07. The van der Waals surface area contributed by atoms with Gasteiger partial charge in [-0.2, -0.15) is 5.10 Å². The highest BCUT2D eigenvalue weighted by molar-refractivity contribution is 6.02. The predicted octanol–water partition coefficient (Wildman–Crippen LogP) is -0.575. The molecule has 1 aromatic rings. The number of rotatable bonds is 3. The molecule has 1 amide bonds. The molecule has 76 valence electrons. The second-order valence-corrected chi connectivity index (χ2v) is 2.66. The quantitative estimate of drug-likeness (QED) is 0.292. The number of nitrogens with two attached hydrogens (primary N) is 1. The average molecular weight is 197 g/mol. The van der Waals surface area contributed by atoms with Crippen LogP contribution in [0.1, 0.15) is 13.3 Å². The van der Waals surface area contributed by atoms with Crippen molar-refractivity contribution in [2.75, 3.05) is 0 Å². The van der Waals surface area contributed by atoms with E-state index in [2.05, 4.69) is 15.2 Å². The number of carbonyl (C=O) groups is 1. The van der Waals surface area contributed by atoms with E-state index in [9.17, 15) is 4.79 Å². The van der Waals surface area contributed by atoms with Crippen LogP contribution in [0.15, 0.2) is 17.8 Å². The summed E-state index contributed by atoms with van der Waals surface area (Å²) < 4.78 is 1.21. The predicted molar refractivity (Wildman–Crippen MR) is 47.6 cm³/mol. The molecule has 1 atom stereocenters. The normalized spacial score (nSPS) is 13.9. The molecule has 0 aromatic carbocycles. The Labute approximate surface area is 80.2 Å². The lowest BCUT2D eigenvalue weighted by Crippen LogP contribution is -2.34. The van der Waals surface area contributed by atoms with Crippen molar-refractivity contribution in [2.45, 2.75) is 13.3 Å². The zero-order valence-electron chi connectivity index (χ0n) is 7.66. The minimum Gasteiger partial charge on any atom is -0.409 e. The Balaban J connectivity index is 2.98. The number of aromatic nitrogens is 3. The number of carbonyl (C=O) groups excluding carboxylic acids is 1. The standard InChI is InChI=1S/C7H11N5O2/c1-2-5(6(8)13)7(11-14)12-4-9-3-10-12/h3-5,14H,2H2,1H3,(H2,8,13). The summed E-state index contributed by atoms with van der Waals surface area (Å²) in [6, 6.07) is 0. The number of nitrogens with zero attached hydrogens (tertiary/aromatic N) is 4. The largest absolute Gasteiger partial charge is 0.409 e. The van der Waals surface area contributed by atoms with Crippen LogP contribution in [0.2, 0.25) is 0 Å². The summed E-state index contributed by atoms with van der Waals surface area (Å²) in [6.07, 6.45) is 3.05. The fourth-order valence-corrected chi connectivity index (χ4v) is 1.11. The van der Waals surface area contributed by atoms with Crippen molar-refractivity contribution in [2.24, 2.45) is 16.8 Å². The SMILES string of the molecule is CCC(C(N)=O)C(=NO)n1cncn1. The Bertz CT molecular complexity index is 332. The Morgan fingerprint density at radius 3 is 2.86 bits per heavy atom. The van der Waals surface area contributed by atoms with Gasteiger partial charge in [0.1, 0.15) is 18.6 Å². The molecule has 0 bridgehead atoms. The molecule has 0 saturated heterocycles. The molecule has 0 saturated carbocycles. The molecule has 1 aromatic heterocycles. The molecule has 0 aliphatic heterocycles. The third-order valence-corrected chi connectivity index (χ3v) is 1.82. The zero-order chi connectivity index (χ0) is 10.6. The number of hydrogen-bond donors (Lipinski definition) is 2. The van der Waals surface area contributed by atoms with Gasteiger partial charge in [0.25, 0.3) is 0 Å². The van der Waals surface area contributed by atoms with E-state index in [0.29, 0.717) is 6.42 Å². The summed E-state index contributed by atoms with van der Waals surface area (Å²) in [5, 5.41) is 15.5. The lowest BCUT2D eigenvalue weighted by molar-refractivity contribution is -0.120. The van der Waals surface area contributed by atoms with E-state index in [1.807, 2.05) is 0 Å². The maximum absolute atomic E-state index is 11.0. The van der Waals surface area contributed by atoms with Crippen molar-refractivity contribution >= 4 is 11.7 Å². The number of amides is 1. The minimum absolute atomic E-state index is 0.0810. The molecule has 3 N–H and O–H groups in total. The monoisotopic (exact) mass is 197 g/mol. The van der Waals surface area contributed by atoms with Crippen LogP contribution < -0.4 is 5.73 Å². The first-order valence-corrected chi connectivity index (χ1v) is 4.07. The van der Waals surface area contributed by atoms with Crippen molar-refractivity contribution in [3.05, 3.63) is 12.7 Å². The van der Waals surface area contributed by atoms with Gasteiger partial charge in [-0.15, -0.1) is 0 Å². The van der Waals surface area contributed by atoms with Crippen LogP contribution in [-0.2, 0) is 4.79 Å². The molecule has 1 heterocycles. The Hall–Kier alpha value is -1.92. The number of primary amides is 1. The highest BCUT2D eigenvalue weighted by Crippen LogP contribution is 2.05. The Morgan fingerprint density at radius 1 is 1.79 bits per heavy atom. The van der Waals surface area contributed by atoms with Crippen LogP contribution in [0.4, 0.5) is 0 Å². The van der Waals surface area contributed by atoms with Crippen LogP contribution >= 0.6 is 0 Å². The van der Waals surface area contributed by atoms with E-state index in [-0.39, 0.29) is 5.84 Å². The second-order valence-electron chi connectivity index (χ2n) is 2.66. The lowest BCUT2D eigenvalue weighted by atomic mass is 10.1. The summed E-state index contributed by atoms with van der Waals surface area (Å²) in [5.74, 6) is -1.14. The molecule has 0 radical (unpaired) electrons. The second kappa shape index (κ2) is 4.35. The van der Waals surface area contributed by atoms with Gasteiger partial charge in [0.2, 0.25) is 5.91 Å². The molecule has 1 unspecified atom stereocenters. The molecular weight excluding hydrogens is 186 g/mol. The van der Waals surface area contributed by atoms with Crippen molar-refractivity contribution < 1.29 is 10.0 Å². The van der Waals surface area contributed by atoms with Crippen LogP contribution in [0.3, 0.4) is 0 Å². The van der Waals surface area contributed by atoms with Gasteiger partial charge in [-0.05, 0) is 6.42 Å². The van der Waals surface area contributed by atoms with Gasteiger partial charge < -0.3 is 10.9 Å². The van der Waals surface area contributed by atoms with Gasteiger partial charge in [0, 0.05) is 0 Å². The van der Waals surface area contributed by atoms with Gasteiger partial charge in [0.05, 0.1) is 0 Å². The summed E-state index contributed by atoms with van der Waals surface area (Å²) in [6.45, 7) is 1.76. The van der Waals surface area contributed by atoms with E-state index in [1.165, 1.54) is 17.3 Å². The van der Waals surface area contributed by atoms with E-state index in [0.717, 1.165) is 0 Å². The van der Waals surface area contributed by atoms with Crippen LogP contribution in [0.25, 0.3) is 0 Å². The summed E-state index contributed by atoms with van der Waals surface area (Å²) in [7, 11) is 0. The third-order valence-electron chi connectivity index (χ3n) is 1.82.